The van der Waals surface area contributed by atoms with Gasteiger partial charge in [-0.1, -0.05) is 48.9 Å². The van der Waals surface area contributed by atoms with E-state index in [2.05, 4.69) is 46.5 Å². The van der Waals surface area contributed by atoms with Crippen LogP contribution in [-0.2, 0) is 15.1 Å². The van der Waals surface area contributed by atoms with Crippen molar-refractivity contribution in [3.05, 3.63) is 88.7 Å². The second kappa shape index (κ2) is 15.4. The molecule has 0 saturated heterocycles. The molecule has 1 aliphatic rings. The first kappa shape index (κ1) is 38.1. The van der Waals surface area contributed by atoms with Crippen LogP contribution in [0.15, 0.2) is 66.7 Å². The van der Waals surface area contributed by atoms with Gasteiger partial charge >= 0.3 is 24.0 Å². The lowest BCUT2D eigenvalue weighted by molar-refractivity contribution is -0.154. The number of fused-ring (bicyclic) bond motifs is 1. The van der Waals surface area contributed by atoms with E-state index in [0.29, 0.717) is 26.5 Å². The van der Waals surface area contributed by atoms with Crippen LogP contribution in [0, 0.1) is 11.2 Å². The summed E-state index contributed by atoms with van der Waals surface area (Å²) in [7, 11) is 0. The Morgan fingerprint density at radius 2 is 1.56 bits per heavy atom. The zero-order chi connectivity index (χ0) is 38.7. The van der Waals surface area contributed by atoms with Crippen LogP contribution in [-0.4, -0.2) is 63.5 Å². The number of hydrogen-bond acceptors (Lipinski definition) is 11. The van der Waals surface area contributed by atoms with Gasteiger partial charge in [-0.05, 0) is 72.4 Å². The molecular weight excluding hydrogens is 754 g/mol. The Hall–Kier alpha value is -5.62. The number of carbonyl (C=O) groups is 3. The number of amides is 3. The van der Waals surface area contributed by atoms with Crippen molar-refractivity contribution in [3.8, 4) is 6.01 Å². The molecule has 5 aromatic rings. The van der Waals surface area contributed by atoms with Gasteiger partial charge in [0.2, 0.25) is 11.9 Å². The predicted octanol–water partition coefficient (Wildman–Crippen LogP) is 6.57. The van der Waals surface area contributed by atoms with E-state index in [0.717, 1.165) is 29.7 Å². The summed E-state index contributed by atoms with van der Waals surface area (Å²) in [5.41, 5.74) is 0.780. The summed E-state index contributed by atoms with van der Waals surface area (Å²) in [6, 6.07) is 16.8. The molecule has 282 valence electrons. The monoisotopic (exact) mass is 785 g/mol. The van der Waals surface area contributed by atoms with E-state index >= 15 is 0 Å². The molecule has 3 amide bonds. The fourth-order valence-electron chi connectivity index (χ4n) is 5.10. The fraction of sp³-hybridized carbons (Fsp3) is 0.286. The summed E-state index contributed by atoms with van der Waals surface area (Å²) in [5.74, 6) is -2.84. The predicted molar refractivity (Wildman–Crippen MR) is 194 cm³/mol. The number of benzene rings is 3. The smallest absolute Gasteiger partial charge is 0.422 e. The maximum atomic E-state index is 13.4. The lowest BCUT2D eigenvalue weighted by Gasteiger charge is -2.25. The Kier molecular flexibility index (Phi) is 10.9. The Bertz CT molecular complexity index is 2180. The van der Waals surface area contributed by atoms with Crippen molar-refractivity contribution in [2.24, 2.45) is 5.41 Å². The quantitative estimate of drug-likeness (QED) is 0.0650. The molecule has 19 heteroatoms. The first-order valence-corrected chi connectivity index (χ1v) is 17.5. The van der Waals surface area contributed by atoms with Gasteiger partial charge in [-0.2, -0.15) is 28.1 Å². The van der Waals surface area contributed by atoms with E-state index in [-0.39, 0.29) is 30.1 Å². The molecule has 2 heterocycles. The number of thiazole rings is 1. The van der Waals surface area contributed by atoms with Crippen LogP contribution in [0.1, 0.15) is 42.6 Å². The van der Waals surface area contributed by atoms with Gasteiger partial charge in [0.25, 0.3) is 5.91 Å². The van der Waals surface area contributed by atoms with Gasteiger partial charge in [0.1, 0.15) is 5.82 Å². The van der Waals surface area contributed by atoms with Gasteiger partial charge in [-0.15, -0.1) is 0 Å². The third kappa shape index (κ3) is 10.1. The fourth-order valence-corrected chi connectivity index (χ4v) is 6.07. The minimum atomic E-state index is -4.62. The van der Waals surface area contributed by atoms with E-state index in [4.69, 9.17) is 16.3 Å². The molecular formula is C35H32ClF4N9O4S. The largest absolute Gasteiger partial charge is 0.454 e. The molecule has 1 saturated carbocycles. The van der Waals surface area contributed by atoms with Crippen LogP contribution in [0.25, 0.3) is 10.2 Å². The molecule has 3 aromatic carbocycles. The van der Waals surface area contributed by atoms with Crippen LogP contribution in [0.2, 0.25) is 5.02 Å². The first-order chi connectivity index (χ1) is 25.5. The summed E-state index contributed by atoms with van der Waals surface area (Å²) in [6.07, 6.45) is -3.16. The second-order valence-corrected chi connectivity index (χ2v) is 14.7. The minimum absolute atomic E-state index is 0.00133. The number of nitrogens with zero attached hydrogens (tertiary/aromatic N) is 4. The molecule has 0 spiro atoms. The van der Waals surface area contributed by atoms with Gasteiger partial charge in [-0.25, -0.2) is 9.37 Å². The molecule has 0 aliphatic heterocycles. The second-order valence-electron chi connectivity index (χ2n) is 13.2. The van der Waals surface area contributed by atoms with Gasteiger partial charge < -0.3 is 26.0 Å². The summed E-state index contributed by atoms with van der Waals surface area (Å²) in [6.45, 7) is 2.15. The van der Waals surface area contributed by atoms with Gasteiger partial charge in [0.15, 0.2) is 11.7 Å². The number of nitrogens with one attached hydrogen (secondary N) is 5. The van der Waals surface area contributed by atoms with Crippen LogP contribution in [0.4, 0.5) is 40.3 Å². The Morgan fingerprint density at radius 3 is 2.24 bits per heavy atom. The average molecular weight is 786 g/mol. The zero-order valence-electron chi connectivity index (χ0n) is 28.6. The highest BCUT2D eigenvalue weighted by Crippen LogP contribution is 2.48. The van der Waals surface area contributed by atoms with E-state index in [9.17, 15) is 31.9 Å². The average Bonchev–Trinajstić information content (AvgIpc) is 3.79. The van der Waals surface area contributed by atoms with Crippen LogP contribution >= 0.6 is 22.9 Å². The number of halogens is 5. The molecule has 0 radical (unpaired) electrons. The van der Waals surface area contributed by atoms with Crippen molar-refractivity contribution in [3.63, 3.8) is 0 Å². The van der Waals surface area contributed by atoms with Crippen molar-refractivity contribution < 1.29 is 36.7 Å². The Labute approximate surface area is 314 Å². The number of ether oxygens (including phenoxy) is 1. The summed E-state index contributed by atoms with van der Waals surface area (Å²) >= 11 is 7.13. The first-order valence-electron chi connectivity index (χ1n) is 16.4. The molecule has 1 aliphatic carbocycles. The topological polar surface area (TPSA) is 172 Å². The van der Waals surface area contributed by atoms with Gasteiger partial charge in [0, 0.05) is 35.4 Å². The minimum Gasteiger partial charge on any atom is -0.454 e. The van der Waals surface area contributed by atoms with Crippen molar-refractivity contribution in [1.82, 2.24) is 30.6 Å². The highest BCUT2D eigenvalue weighted by molar-refractivity contribution is 7.22. The number of anilines is 4. The SMILES string of the molecule is CC(C)(CNC(=O)C(=O)Nc1nc2cc(F)ccc2s1)CNC(=O)c1ccc(Nc2nc(NC3(c4ccc(Cl)cc4)CC3)nc(OCC(F)(F)F)n2)cc1. The molecule has 0 atom stereocenters. The summed E-state index contributed by atoms with van der Waals surface area (Å²) < 4.78 is 57.7. The Balaban J connectivity index is 1.03. The molecule has 1 fully saturated rings. The number of carbonyl (C=O) groups excluding carboxylic acids is 3. The standard InChI is InChI=1S/C35H32ClF4N9O4S/c1-33(2,17-42-27(51)28(52)45-32-44-24-15-22(37)9-12-25(24)54-32)16-41-26(50)19-3-10-23(11-4-19)43-29-46-30(48-31(47-29)53-18-35(38,39)40)49-34(13-14-34)20-5-7-21(36)8-6-20/h3-12,15H,13-14,16-18H2,1-2H3,(H,41,50)(H,42,51)(H,44,45,52)(H2,43,46,47,48,49). The lowest BCUT2D eigenvalue weighted by atomic mass is 9.93. The summed E-state index contributed by atoms with van der Waals surface area (Å²) in [5, 5.41) is 14.6. The van der Waals surface area contributed by atoms with E-state index in [1.165, 1.54) is 30.3 Å². The Morgan fingerprint density at radius 1 is 0.870 bits per heavy atom. The number of aromatic nitrogens is 4. The van der Waals surface area contributed by atoms with Crippen LogP contribution < -0.4 is 31.3 Å². The van der Waals surface area contributed by atoms with E-state index in [1.807, 2.05) is 12.1 Å². The third-order valence-corrected chi connectivity index (χ3v) is 9.32. The highest BCUT2D eigenvalue weighted by atomic mass is 35.5. The third-order valence-electron chi connectivity index (χ3n) is 8.11. The van der Waals surface area contributed by atoms with Crippen molar-refractivity contribution >= 4 is 73.6 Å². The normalized spacial score (nSPS) is 13.5. The van der Waals surface area contributed by atoms with Gasteiger partial charge in [-0.3, -0.25) is 19.7 Å². The highest BCUT2D eigenvalue weighted by Gasteiger charge is 2.45. The van der Waals surface area contributed by atoms with Gasteiger partial charge in [0.05, 0.1) is 15.8 Å². The molecule has 5 N–H and O–H groups in total. The number of alkyl halides is 3. The molecule has 0 unspecified atom stereocenters. The number of rotatable bonds is 13. The number of hydrogen-bond donors (Lipinski definition) is 5. The molecule has 2 aromatic heterocycles. The molecule has 0 bridgehead atoms. The maximum Gasteiger partial charge on any atom is 0.422 e. The summed E-state index contributed by atoms with van der Waals surface area (Å²) in [4.78, 5) is 54.3. The van der Waals surface area contributed by atoms with E-state index < -0.39 is 53.3 Å². The van der Waals surface area contributed by atoms with E-state index in [1.54, 1.807) is 38.1 Å². The van der Waals surface area contributed by atoms with Crippen LogP contribution in [0.5, 0.6) is 6.01 Å². The molecule has 13 nitrogen and oxygen atoms in total. The van der Waals surface area contributed by atoms with Crippen molar-refractivity contribution in [2.45, 2.75) is 38.4 Å². The van der Waals surface area contributed by atoms with Crippen molar-refractivity contribution in [2.75, 3.05) is 35.6 Å². The zero-order valence-corrected chi connectivity index (χ0v) is 30.2. The molecule has 54 heavy (non-hydrogen) atoms. The molecule has 6 rings (SSSR count). The van der Waals surface area contributed by atoms with Crippen LogP contribution in [0.3, 0.4) is 0 Å². The van der Waals surface area contributed by atoms with Crippen molar-refractivity contribution in [1.29, 1.82) is 0 Å². The lowest BCUT2D eigenvalue weighted by Crippen LogP contribution is -2.44. The maximum absolute atomic E-state index is 13.4.